The molecule has 0 radical (unpaired) electrons. The van der Waals surface area contributed by atoms with E-state index < -0.39 is 0 Å². The molecule has 2 aliphatic rings. The summed E-state index contributed by atoms with van der Waals surface area (Å²) in [6.07, 6.45) is 0. The number of rotatable bonds is 2. The van der Waals surface area contributed by atoms with Gasteiger partial charge in [-0.1, -0.05) is 29.8 Å². The van der Waals surface area contributed by atoms with Crippen molar-refractivity contribution >= 4 is 23.2 Å². The number of nitrogens with zero attached hydrogens (tertiary/aromatic N) is 2. The molecule has 130 valence electrons. The zero-order chi connectivity index (χ0) is 17.2. The molecule has 2 heterocycles. The van der Waals surface area contributed by atoms with Crippen molar-refractivity contribution in [3.05, 3.63) is 53.1 Å². The molecule has 5 nitrogen and oxygen atoms in total. The van der Waals surface area contributed by atoms with Gasteiger partial charge in [0.15, 0.2) is 11.5 Å². The van der Waals surface area contributed by atoms with Crippen LogP contribution in [0, 0.1) is 0 Å². The maximum Gasteiger partial charge on any atom is 0.254 e. The van der Waals surface area contributed by atoms with Crippen LogP contribution in [-0.4, -0.2) is 50.2 Å². The average Bonchev–Trinajstić information content (AvgIpc) is 2.68. The Morgan fingerprint density at radius 1 is 0.960 bits per heavy atom. The van der Waals surface area contributed by atoms with Crippen LogP contribution in [-0.2, 0) is 0 Å². The number of anilines is 1. The Labute approximate surface area is 151 Å². The molecule has 1 amide bonds. The van der Waals surface area contributed by atoms with Crippen LogP contribution in [0.15, 0.2) is 42.5 Å². The second-order valence-electron chi connectivity index (χ2n) is 6.10. The van der Waals surface area contributed by atoms with E-state index in [1.54, 1.807) is 12.1 Å². The molecule has 4 rings (SSSR count). The van der Waals surface area contributed by atoms with Gasteiger partial charge in [-0.3, -0.25) is 4.79 Å². The summed E-state index contributed by atoms with van der Waals surface area (Å²) in [5.74, 6) is 1.05. The molecule has 0 atom stereocenters. The van der Waals surface area contributed by atoms with Crippen molar-refractivity contribution in [3.8, 4) is 11.5 Å². The topological polar surface area (TPSA) is 42.0 Å². The predicted molar refractivity (Wildman–Crippen MR) is 97.0 cm³/mol. The first-order valence-electron chi connectivity index (χ1n) is 8.41. The van der Waals surface area contributed by atoms with Gasteiger partial charge in [-0.05, 0) is 24.3 Å². The van der Waals surface area contributed by atoms with Gasteiger partial charge in [0.2, 0.25) is 0 Å². The van der Waals surface area contributed by atoms with Crippen LogP contribution in [0.25, 0.3) is 0 Å². The summed E-state index contributed by atoms with van der Waals surface area (Å²) in [7, 11) is 0. The number of fused-ring (bicyclic) bond motifs is 1. The van der Waals surface area contributed by atoms with Crippen LogP contribution in [0.4, 0.5) is 5.69 Å². The number of amides is 1. The Hall–Kier alpha value is -2.40. The van der Waals surface area contributed by atoms with Gasteiger partial charge in [-0.15, -0.1) is 0 Å². The van der Waals surface area contributed by atoms with Crippen molar-refractivity contribution in [3.63, 3.8) is 0 Å². The van der Waals surface area contributed by atoms with E-state index in [2.05, 4.69) is 17.0 Å². The molecule has 25 heavy (non-hydrogen) atoms. The van der Waals surface area contributed by atoms with Crippen LogP contribution < -0.4 is 14.4 Å². The number of ether oxygens (including phenoxy) is 2. The fraction of sp³-hybridized carbons (Fsp3) is 0.316. The number of benzene rings is 2. The highest BCUT2D eigenvalue weighted by molar-refractivity contribution is 6.32. The molecule has 0 N–H and O–H groups in total. The van der Waals surface area contributed by atoms with Gasteiger partial charge in [0.05, 0.1) is 5.02 Å². The Bertz CT molecular complexity index is 774. The largest absolute Gasteiger partial charge is 0.486 e. The summed E-state index contributed by atoms with van der Waals surface area (Å²) in [5, 5.41) is 0.420. The zero-order valence-electron chi connectivity index (χ0n) is 13.8. The Kier molecular flexibility index (Phi) is 4.40. The van der Waals surface area contributed by atoms with Crippen molar-refractivity contribution in [2.45, 2.75) is 0 Å². The summed E-state index contributed by atoms with van der Waals surface area (Å²) >= 11 is 6.25. The number of carbonyl (C=O) groups excluding carboxylic acids is 1. The molecular weight excluding hydrogens is 340 g/mol. The molecular formula is C19H19ClN2O3. The molecule has 0 unspecified atom stereocenters. The van der Waals surface area contributed by atoms with Gasteiger partial charge in [0, 0.05) is 37.4 Å². The van der Waals surface area contributed by atoms with E-state index in [1.807, 2.05) is 23.1 Å². The van der Waals surface area contributed by atoms with Crippen LogP contribution in [0.5, 0.6) is 11.5 Å². The van der Waals surface area contributed by atoms with Crippen molar-refractivity contribution in [2.24, 2.45) is 0 Å². The molecule has 2 aliphatic heterocycles. The van der Waals surface area contributed by atoms with E-state index in [0.29, 0.717) is 48.4 Å². The van der Waals surface area contributed by atoms with Gasteiger partial charge in [0.25, 0.3) is 5.91 Å². The quantitative estimate of drug-likeness (QED) is 0.827. The molecule has 1 fully saturated rings. The molecule has 6 heteroatoms. The summed E-state index contributed by atoms with van der Waals surface area (Å²) in [5.41, 5.74) is 1.74. The third-order valence-electron chi connectivity index (χ3n) is 4.53. The predicted octanol–water partition coefficient (Wildman–Crippen LogP) is 3.07. The minimum atomic E-state index is -0.0217. The highest BCUT2D eigenvalue weighted by Crippen LogP contribution is 2.38. The fourth-order valence-corrected chi connectivity index (χ4v) is 3.49. The second kappa shape index (κ2) is 6.84. The van der Waals surface area contributed by atoms with Crippen LogP contribution >= 0.6 is 11.6 Å². The van der Waals surface area contributed by atoms with Crippen molar-refractivity contribution in [1.29, 1.82) is 0 Å². The molecule has 2 aromatic carbocycles. The molecule has 0 bridgehead atoms. The minimum Gasteiger partial charge on any atom is -0.486 e. The third kappa shape index (κ3) is 3.24. The van der Waals surface area contributed by atoms with E-state index in [0.717, 1.165) is 13.1 Å². The number of carbonyl (C=O) groups is 1. The van der Waals surface area contributed by atoms with Gasteiger partial charge >= 0.3 is 0 Å². The highest BCUT2D eigenvalue weighted by atomic mass is 35.5. The van der Waals surface area contributed by atoms with E-state index >= 15 is 0 Å². The third-order valence-corrected chi connectivity index (χ3v) is 4.81. The summed E-state index contributed by atoms with van der Waals surface area (Å²) in [4.78, 5) is 17.0. The first-order chi connectivity index (χ1) is 12.2. The number of para-hydroxylation sites is 1. The summed E-state index contributed by atoms with van der Waals surface area (Å²) < 4.78 is 11.1. The average molecular weight is 359 g/mol. The number of hydrogen-bond acceptors (Lipinski definition) is 4. The van der Waals surface area contributed by atoms with Gasteiger partial charge < -0.3 is 19.3 Å². The maximum atomic E-state index is 12.8. The standard InChI is InChI=1S/C19H19ClN2O3/c20-16-12-14(13-17-18(16)25-11-10-24-17)19(23)22-8-6-21(7-9-22)15-4-2-1-3-5-15/h1-5,12-13H,6-11H2. The van der Waals surface area contributed by atoms with Crippen LogP contribution in [0.2, 0.25) is 5.02 Å². The van der Waals surface area contributed by atoms with Crippen molar-refractivity contribution in [2.75, 3.05) is 44.3 Å². The van der Waals surface area contributed by atoms with E-state index in [-0.39, 0.29) is 5.91 Å². The number of piperazine rings is 1. The van der Waals surface area contributed by atoms with Gasteiger partial charge in [0.1, 0.15) is 13.2 Å². The van der Waals surface area contributed by atoms with Crippen molar-refractivity contribution in [1.82, 2.24) is 4.90 Å². The number of halogens is 1. The fourth-order valence-electron chi connectivity index (χ4n) is 3.22. The van der Waals surface area contributed by atoms with Gasteiger partial charge in [-0.25, -0.2) is 0 Å². The molecule has 0 saturated carbocycles. The Morgan fingerprint density at radius 3 is 2.44 bits per heavy atom. The zero-order valence-corrected chi connectivity index (χ0v) is 14.5. The molecule has 1 saturated heterocycles. The lowest BCUT2D eigenvalue weighted by Crippen LogP contribution is -2.48. The highest BCUT2D eigenvalue weighted by Gasteiger charge is 2.25. The SMILES string of the molecule is O=C(c1cc(Cl)c2c(c1)OCCO2)N1CCN(c2ccccc2)CC1. The Balaban J connectivity index is 1.47. The maximum absolute atomic E-state index is 12.8. The van der Waals surface area contributed by atoms with E-state index in [9.17, 15) is 4.79 Å². The molecule has 2 aromatic rings. The minimum absolute atomic E-state index is 0.0217. The smallest absolute Gasteiger partial charge is 0.254 e. The first-order valence-corrected chi connectivity index (χ1v) is 8.78. The number of hydrogen-bond donors (Lipinski definition) is 0. The summed E-state index contributed by atoms with van der Waals surface area (Å²) in [6, 6.07) is 13.7. The normalized spacial score (nSPS) is 16.7. The van der Waals surface area contributed by atoms with E-state index in [1.165, 1.54) is 5.69 Å². The Morgan fingerprint density at radius 2 is 1.68 bits per heavy atom. The molecule has 0 spiro atoms. The van der Waals surface area contributed by atoms with Crippen LogP contribution in [0.1, 0.15) is 10.4 Å². The second-order valence-corrected chi connectivity index (χ2v) is 6.50. The lowest BCUT2D eigenvalue weighted by Gasteiger charge is -2.36. The first kappa shape index (κ1) is 16.1. The van der Waals surface area contributed by atoms with Crippen molar-refractivity contribution < 1.29 is 14.3 Å². The lowest BCUT2D eigenvalue weighted by molar-refractivity contribution is 0.0745. The lowest BCUT2D eigenvalue weighted by atomic mass is 10.1. The van der Waals surface area contributed by atoms with Crippen LogP contribution in [0.3, 0.4) is 0 Å². The molecule has 0 aliphatic carbocycles. The summed E-state index contributed by atoms with van der Waals surface area (Å²) in [6.45, 7) is 3.93. The van der Waals surface area contributed by atoms with E-state index in [4.69, 9.17) is 21.1 Å². The molecule has 0 aromatic heterocycles. The monoisotopic (exact) mass is 358 g/mol. The van der Waals surface area contributed by atoms with Gasteiger partial charge in [-0.2, -0.15) is 0 Å².